The maximum absolute atomic E-state index is 12.0. The summed E-state index contributed by atoms with van der Waals surface area (Å²) in [6, 6.07) is 13.7. The van der Waals surface area contributed by atoms with Gasteiger partial charge in [0.25, 0.3) is 0 Å². The maximum atomic E-state index is 12.0. The summed E-state index contributed by atoms with van der Waals surface area (Å²) < 4.78 is 5.13. The van der Waals surface area contributed by atoms with Crippen LogP contribution in [0.4, 0.5) is 0 Å². The van der Waals surface area contributed by atoms with Gasteiger partial charge in [-0.25, -0.2) is 0 Å². The van der Waals surface area contributed by atoms with Gasteiger partial charge < -0.3 is 14.9 Å². The van der Waals surface area contributed by atoms with Gasteiger partial charge in [0.1, 0.15) is 0 Å². The topological polar surface area (TPSA) is 66.8 Å². The van der Waals surface area contributed by atoms with Gasteiger partial charge in [-0.2, -0.15) is 0 Å². The van der Waals surface area contributed by atoms with Crippen molar-refractivity contribution in [3.05, 3.63) is 70.3 Å². The number of aliphatic hydroxyl groups excluding tert-OH is 1. The largest absolute Gasteiger partial charge is 0.466 e. The van der Waals surface area contributed by atoms with Crippen molar-refractivity contribution in [1.82, 2.24) is 0 Å². The molecule has 0 saturated carbocycles. The molecule has 0 aliphatic heterocycles. The molecule has 0 saturated heterocycles. The number of esters is 1. The molecule has 126 valence electrons. The first kappa shape index (κ1) is 16.7. The summed E-state index contributed by atoms with van der Waals surface area (Å²) in [5.41, 5.74) is 5.07. The average Bonchev–Trinajstić information content (AvgIpc) is 2.71. The molecule has 0 spiro atoms. The van der Waals surface area contributed by atoms with Crippen LogP contribution in [0, 0.1) is 0 Å². The van der Waals surface area contributed by atoms with E-state index in [-0.39, 0.29) is 11.9 Å². The molecule has 4 nitrogen and oxygen atoms in total. The van der Waals surface area contributed by atoms with Gasteiger partial charge in [0.05, 0.1) is 13.0 Å². The van der Waals surface area contributed by atoms with Crippen LogP contribution in [0.2, 0.25) is 0 Å². The molecule has 1 aliphatic carbocycles. The lowest BCUT2D eigenvalue weighted by Gasteiger charge is -2.17. The predicted molar refractivity (Wildman–Crippen MR) is 90.6 cm³/mol. The van der Waals surface area contributed by atoms with Crippen LogP contribution in [0.1, 0.15) is 53.4 Å². The van der Waals surface area contributed by atoms with Gasteiger partial charge in [0.2, 0.25) is 0 Å². The van der Waals surface area contributed by atoms with Crippen molar-refractivity contribution in [3.8, 4) is 0 Å². The molecule has 0 radical (unpaired) electrons. The summed E-state index contributed by atoms with van der Waals surface area (Å²) in [7, 11) is 0. The van der Waals surface area contributed by atoms with E-state index in [1.165, 1.54) is 11.1 Å². The van der Waals surface area contributed by atoms with Crippen LogP contribution in [0.3, 0.4) is 0 Å². The summed E-state index contributed by atoms with van der Waals surface area (Å²) in [4.78, 5) is 12.0. The van der Waals surface area contributed by atoms with Crippen molar-refractivity contribution >= 4 is 5.97 Å². The number of fused-ring (bicyclic) bond motifs is 2. The minimum Gasteiger partial charge on any atom is -0.466 e. The molecule has 24 heavy (non-hydrogen) atoms. The number of carbonyl (C=O) groups excluding carboxylic acids is 1. The monoisotopic (exact) mass is 326 g/mol. The normalized spacial score (nSPS) is 16.2. The Balaban J connectivity index is 1.98. The number of aliphatic hydroxyl groups is 2. The van der Waals surface area contributed by atoms with Gasteiger partial charge in [-0.05, 0) is 47.9 Å². The first-order chi connectivity index (χ1) is 11.6. The highest BCUT2D eigenvalue weighted by atomic mass is 16.5. The van der Waals surface area contributed by atoms with Crippen LogP contribution in [-0.2, 0) is 22.4 Å². The smallest absolute Gasteiger partial charge is 0.306 e. The zero-order valence-corrected chi connectivity index (χ0v) is 13.7. The molecule has 0 aromatic heterocycles. The summed E-state index contributed by atoms with van der Waals surface area (Å²) in [6.07, 6.45) is 0.358. The van der Waals surface area contributed by atoms with Gasteiger partial charge in [-0.3, -0.25) is 4.79 Å². The highest BCUT2D eigenvalue weighted by Crippen LogP contribution is 2.35. The molecule has 0 fully saturated rings. The fourth-order valence-corrected chi connectivity index (χ4v) is 3.45. The lowest BCUT2D eigenvalue weighted by Crippen LogP contribution is -2.13. The van der Waals surface area contributed by atoms with Crippen LogP contribution in [-0.4, -0.2) is 22.8 Å². The van der Waals surface area contributed by atoms with E-state index in [2.05, 4.69) is 12.1 Å². The standard InChI is InChI=1S/C20H22O4/c1-2-24-19(21)12-17-9-13-7-8-15(20(22)23)11-16(13)10-14-5-3-4-6-18(14)17/h3-8,11,17,20,22-23H,2,9-10,12H2,1H3. The molecular weight excluding hydrogens is 304 g/mol. The van der Waals surface area contributed by atoms with Crippen molar-refractivity contribution in [2.75, 3.05) is 6.61 Å². The van der Waals surface area contributed by atoms with E-state index in [4.69, 9.17) is 4.74 Å². The van der Waals surface area contributed by atoms with E-state index in [9.17, 15) is 15.0 Å². The number of ether oxygens (including phenoxy) is 1. The molecule has 0 bridgehead atoms. The van der Waals surface area contributed by atoms with Crippen molar-refractivity contribution < 1.29 is 19.7 Å². The lowest BCUT2D eigenvalue weighted by molar-refractivity contribution is -0.143. The number of hydrogen-bond acceptors (Lipinski definition) is 4. The average molecular weight is 326 g/mol. The highest BCUT2D eigenvalue weighted by molar-refractivity contribution is 5.71. The van der Waals surface area contributed by atoms with Gasteiger partial charge in [-0.1, -0.05) is 42.5 Å². The molecule has 0 amide bonds. The Morgan fingerprint density at radius 1 is 1.17 bits per heavy atom. The minimum atomic E-state index is -1.47. The summed E-state index contributed by atoms with van der Waals surface area (Å²) in [6.45, 7) is 2.21. The Morgan fingerprint density at radius 3 is 2.71 bits per heavy atom. The van der Waals surface area contributed by atoms with E-state index in [0.29, 0.717) is 18.6 Å². The Bertz CT molecular complexity index is 736. The Kier molecular flexibility index (Phi) is 4.97. The second-order valence-electron chi connectivity index (χ2n) is 6.19. The summed E-state index contributed by atoms with van der Waals surface area (Å²) >= 11 is 0. The first-order valence-corrected chi connectivity index (χ1v) is 8.29. The van der Waals surface area contributed by atoms with Crippen LogP contribution >= 0.6 is 0 Å². The second kappa shape index (κ2) is 7.16. The molecule has 1 atom stereocenters. The van der Waals surface area contributed by atoms with E-state index in [1.807, 2.05) is 31.2 Å². The molecule has 1 unspecified atom stereocenters. The fourth-order valence-electron chi connectivity index (χ4n) is 3.45. The maximum Gasteiger partial charge on any atom is 0.306 e. The number of rotatable bonds is 4. The minimum absolute atomic E-state index is 0.0754. The van der Waals surface area contributed by atoms with E-state index < -0.39 is 6.29 Å². The van der Waals surface area contributed by atoms with Crippen molar-refractivity contribution in [3.63, 3.8) is 0 Å². The zero-order valence-electron chi connectivity index (χ0n) is 13.7. The van der Waals surface area contributed by atoms with Crippen molar-refractivity contribution in [2.24, 2.45) is 0 Å². The Labute approximate surface area is 141 Å². The zero-order chi connectivity index (χ0) is 17.1. The molecule has 1 aliphatic rings. The molecule has 2 aromatic carbocycles. The lowest BCUT2D eigenvalue weighted by atomic mass is 9.89. The van der Waals surface area contributed by atoms with Gasteiger partial charge in [0, 0.05) is 5.56 Å². The highest BCUT2D eigenvalue weighted by Gasteiger charge is 2.25. The quantitative estimate of drug-likeness (QED) is 0.670. The van der Waals surface area contributed by atoms with E-state index >= 15 is 0 Å². The molecule has 0 heterocycles. The number of benzene rings is 2. The SMILES string of the molecule is CCOC(=O)CC1Cc2ccc(C(O)O)cc2Cc2ccccc21. The van der Waals surface area contributed by atoms with Crippen LogP contribution in [0.15, 0.2) is 42.5 Å². The molecule has 2 aromatic rings. The van der Waals surface area contributed by atoms with Crippen LogP contribution in [0.5, 0.6) is 0 Å². The predicted octanol–water partition coefficient (Wildman–Crippen LogP) is 2.85. The third-order valence-electron chi connectivity index (χ3n) is 4.59. The van der Waals surface area contributed by atoms with E-state index in [0.717, 1.165) is 24.0 Å². The second-order valence-corrected chi connectivity index (χ2v) is 6.19. The van der Waals surface area contributed by atoms with Gasteiger partial charge in [0.15, 0.2) is 6.29 Å². The van der Waals surface area contributed by atoms with Gasteiger partial charge >= 0.3 is 5.97 Å². The third kappa shape index (κ3) is 3.50. The van der Waals surface area contributed by atoms with E-state index in [1.54, 1.807) is 6.07 Å². The van der Waals surface area contributed by atoms with Crippen LogP contribution in [0.25, 0.3) is 0 Å². The number of carbonyl (C=O) groups is 1. The Hall–Kier alpha value is -2.17. The Morgan fingerprint density at radius 2 is 1.96 bits per heavy atom. The molecular formula is C20H22O4. The summed E-state index contributed by atoms with van der Waals surface area (Å²) in [5.74, 6) is -0.102. The third-order valence-corrected chi connectivity index (χ3v) is 4.59. The van der Waals surface area contributed by atoms with Gasteiger partial charge in [-0.15, -0.1) is 0 Å². The van der Waals surface area contributed by atoms with Crippen molar-refractivity contribution in [1.29, 1.82) is 0 Å². The molecule has 2 N–H and O–H groups in total. The van der Waals surface area contributed by atoms with Crippen molar-refractivity contribution in [2.45, 2.75) is 38.4 Å². The van der Waals surface area contributed by atoms with Crippen LogP contribution < -0.4 is 0 Å². The molecule has 3 rings (SSSR count). The number of hydrogen-bond donors (Lipinski definition) is 2. The first-order valence-electron chi connectivity index (χ1n) is 8.29. The summed E-state index contributed by atoms with van der Waals surface area (Å²) in [5, 5.41) is 18.8. The fraction of sp³-hybridized carbons (Fsp3) is 0.350. The molecule has 4 heteroatoms.